The molecular formula is C12H18IN5S2. The van der Waals surface area contributed by atoms with Crippen LogP contribution in [0.5, 0.6) is 0 Å². The van der Waals surface area contributed by atoms with Crippen LogP contribution < -0.4 is 10.6 Å². The molecule has 20 heavy (non-hydrogen) atoms. The molecule has 0 fully saturated rings. The van der Waals surface area contributed by atoms with Crippen LogP contribution in [0.1, 0.15) is 21.3 Å². The average molecular weight is 423 g/mol. The number of aryl methyl sites for hydroxylation is 2. The number of nitrogens with zero attached hydrogens (tertiary/aromatic N) is 3. The fourth-order valence-corrected chi connectivity index (χ4v) is 2.95. The van der Waals surface area contributed by atoms with E-state index in [1.54, 1.807) is 29.7 Å². The van der Waals surface area contributed by atoms with E-state index in [9.17, 15) is 0 Å². The van der Waals surface area contributed by atoms with Crippen molar-refractivity contribution in [3.05, 3.63) is 32.2 Å². The molecule has 2 aromatic rings. The van der Waals surface area contributed by atoms with E-state index in [0.717, 1.165) is 28.9 Å². The Morgan fingerprint density at radius 2 is 2.00 bits per heavy atom. The lowest BCUT2D eigenvalue weighted by Crippen LogP contribution is -2.36. The van der Waals surface area contributed by atoms with Gasteiger partial charge in [-0.05, 0) is 13.8 Å². The summed E-state index contributed by atoms with van der Waals surface area (Å²) in [7, 11) is 1.77. The van der Waals surface area contributed by atoms with Gasteiger partial charge in [-0.25, -0.2) is 9.97 Å². The molecule has 0 radical (unpaired) electrons. The van der Waals surface area contributed by atoms with Crippen LogP contribution in [0, 0.1) is 13.8 Å². The predicted octanol–water partition coefficient (Wildman–Crippen LogP) is 2.70. The summed E-state index contributed by atoms with van der Waals surface area (Å²) in [5, 5.41) is 9.64. The SMILES string of the molecule is CN=C(NCc1nc(C)cs1)NCc1scnc1C.I. The van der Waals surface area contributed by atoms with Crippen molar-refractivity contribution in [3.63, 3.8) is 0 Å². The standard InChI is InChI=1S/C12H17N5S2.HI/c1-8-6-18-11(17-8)5-15-12(13-3)14-4-10-9(2)16-7-19-10;/h6-7H,4-5H2,1-3H3,(H2,13,14,15);1H. The van der Waals surface area contributed by atoms with Crippen LogP contribution in [-0.2, 0) is 13.1 Å². The van der Waals surface area contributed by atoms with E-state index in [2.05, 4.69) is 25.6 Å². The van der Waals surface area contributed by atoms with Gasteiger partial charge < -0.3 is 10.6 Å². The van der Waals surface area contributed by atoms with Gasteiger partial charge in [-0.15, -0.1) is 46.7 Å². The number of rotatable bonds is 4. The van der Waals surface area contributed by atoms with E-state index in [-0.39, 0.29) is 24.0 Å². The highest BCUT2D eigenvalue weighted by Crippen LogP contribution is 2.11. The van der Waals surface area contributed by atoms with E-state index in [1.807, 2.05) is 24.7 Å². The van der Waals surface area contributed by atoms with Gasteiger partial charge in [0.05, 0.1) is 24.3 Å². The van der Waals surface area contributed by atoms with E-state index < -0.39 is 0 Å². The van der Waals surface area contributed by atoms with Gasteiger partial charge >= 0.3 is 0 Å². The normalized spacial score (nSPS) is 11.1. The molecule has 2 aromatic heterocycles. The molecule has 0 aliphatic carbocycles. The Kier molecular flexibility index (Phi) is 7.38. The molecule has 110 valence electrons. The van der Waals surface area contributed by atoms with Crippen LogP contribution in [0.4, 0.5) is 0 Å². The van der Waals surface area contributed by atoms with Crippen molar-refractivity contribution in [1.82, 2.24) is 20.6 Å². The molecule has 0 bridgehead atoms. The highest BCUT2D eigenvalue weighted by Gasteiger charge is 2.04. The number of halogens is 1. The van der Waals surface area contributed by atoms with Crippen molar-refractivity contribution >= 4 is 52.6 Å². The van der Waals surface area contributed by atoms with Gasteiger partial charge in [0.1, 0.15) is 5.01 Å². The second kappa shape index (κ2) is 8.53. The van der Waals surface area contributed by atoms with Gasteiger partial charge in [-0.1, -0.05) is 0 Å². The molecule has 0 aliphatic heterocycles. The molecule has 0 amide bonds. The Bertz CT molecular complexity index is 564. The first-order valence-corrected chi connectivity index (χ1v) is 7.69. The van der Waals surface area contributed by atoms with Gasteiger partial charge in [-0.3, -0.25) is 4.99 Å². The zero-order valence-corrected chi connectivity index (χ0v) is 15.6. The number of nitrogens with one attached hydrogen (secondary N) is 2. The van der Waals surface area contributed by atoms with Crippen molar-refractivity contribution < 1.29 is 0 Å². The molecule has 2 N–H and O–H groups in total. The smallest absolute Gasteiger partial charge is 0.191 e. The summed E-state index contributed by atoms with van der Waals surface area (Å²) in [6, 6.07) is 0. The number of aromatic nitrogens is 2. The number of guanidine groups is 1. The van der Waals surface area contributed by atoms with Crippen LogP contribution in [-0.4, -0.2) is 23.0 Å². The van der Waals surface area contributed by atoms with Crippen molar-refractivity contribution in [2.75, 3.05) is 7.05 Å². The lowest BCUT2D eigenvalue weighted by molar-refractivity contribution is 0.806. The molecule has 8 heteroatoms. The zero-order valence-electron chi connectivity index (χ0n) is 11.6. The van der Waals surface area contributed by atoms with Crippen molar-refractivity contribution in [3.8, 4) is 0 Å². The third kappa shape index (κ3) is 4.98. The molecule has 0 atom stereocenters. The fourth-order valence-electron chi connectivity index (χ4n) is 1.52. The molecule has 2 rings (SSSR count). The maximum Gasteiger partial charge on any atom is 0.191 e. The first-order chi connectivity index (χ1) is 9.19. The number of aliphatic imine (C=N–C) groups is 1. The van der Waals surface area contributed by atoms with Gasteiger partial charge in [0.2, 0.25) is 0 Å². The lowest BCUT2D eigenvalue weighted by Gasteiger charge is -2.10. The Hall–Kier alpha value is -0.740. The summed E-state index contributed by atoms with van der Waals surface area (Å²) in [5.74, 6) is 0.778. The third-order valence-electron chi connectivity index (χ3n) is 2.56. The molecule has 0 aromatic carbocycles. The minimum absolute atomic E-state index is 0. The third-order valence-corrected chi connectivity index (χ3v) is 4.46. The number of hydrogen-bond acceptors (Lipinski definition) is 5. The molecular weight excluding hydrogens is 405 g/mol. The molecule has 0 unspecified atom stereocenters. The average Bonchev–Trinajstić information content (AvgIpc) is 2.99. The predicted molar refractivity (Wildman–Crippen MR) is 96.2 cm³/mol. The Morgan fingerprint density at radius 1 is 1.25 bits per heavy atom. The molecule has 0 spiro atoms. The van der Waals surface area contributed by atoms with Gasteiger partial charge in [0.25, 0.3) is 0 Å². The second-order valence-corrected chi connectivity index (χ2v) is 5.90. The number of hydrogen-bond donors (Lipinski definition) is 2. The zero-order chi connectivity index (χ0) is 13.7. The van der Waals surface area contributed by atoms with Gasteiger partial charge in [-0.2, -0.15) is 0 Å². The van der Waals surface area contributed by atoms with Crippen molar-refractivity contribution in [2.45, 2.75) is 26.9 Å². The minimum atomic E-state index is 0. The summed E-state index contributed by atoms with van der Waals surface area (Å²) < 4.78 is 0. The van der Waals surface area contributed by atoms with Crippen LogP contribution in [0.15, 0.2) is 15.9 Å². The molecule has 5 nitrogen and oxygen atoms in total. The fraction of sp³-hybridized carbons (Fsp3) is 0.417. The van der Waals surface area contributed by atoms with E-state index >= 15 is 0 Å². The van der Waals surface area contributed by atoms with Crippen molar-refractivity contribution in [1.29, 1.82) is 0 Å². The quantitative estimate of drug-likeness (QED) is 0.451. The van der Waals surface area contributed by atoms with E-state index in [0.29, 0.717) is 6.54 Å². The summed E-state index contributed by atoms with van der Waals surface area (Å²) in [4.78, 5) is 14.1. The highest BCUT2D eigenvalue weighted by molar-refractivity contribution is 14.0. The first-order valence-electron chi connectivity index (χ1n) is 5.93. The van der Waals surface area contributed by atoms with Crippen LogP contribution in [0.2, 0.25) is 0 Å². The maximum atomic E-state index is 4.41. The molecule has 2 heterocycles. The van der Waals surface area contributed by atoms with Crippen molar-refractivity contribution in [2.24, 2.45) is 4.99 Å². The minimum Gasteiger partial charge on any atom is -0.351 e. The monoisotopic (exact) mass is 423 g/mol. The van der Waals surface area contributed by atoms with E-state index in [1.165, 1.54) is 4.88 Å². The van der Waals surface area contributed by atoms with Gasteiger partial charge in [0.15, 0.2) is 5.96 Å². The van der Waals surface area contributed by atoms with Crippen LogP contribution in [0.25, 0.3) is 0 Å². The largest absolute Gasteiger partial charge is 0.351 e. The van der Waals surface area contributed by atoms with Crippen LogP contribution >= 0.6 is 46.7 Å². The Balaban J connectivity index is 0.00000200. The summed E-state index contributed by atoms with van der Waals surface area (Å²) in [6.45, 7) is 5.45. The summed E-state index contributed by atoms with van der Waals surface area (Å²) in [5.41, 5.74) is 3.99. The van der Waals surface area contributed by atoms with E-state index in [4.69, 9.17) is 0 Å². The van der Waals surface area contributed by atoms with Crippen LogP contribution in [0.3, 0.4) is 0 Å². The number of thiazole rings is 2. The lowest BCUT2D eigenvalue weighted by atomic mass is 10.4. The molecule has 0 aliphatic rings. The highest BCUT2D eigenvalue weighted by atomic mass is 127. The summed E-state index contributed by atoms with van der Waals surface area (Å²) >= 11 is 3.31. The van der Waals surface area contributed by atoms with Gasteiger partial charge in [0, 0.05) is 23.0 Å². The second-order valence-electron chi connectivity index (χ2n) is 4.02. The topological polar surface area (TPSA) is 62.2 Å². The Morgan fingerprint density at radius 3 is 2.55 bits per heavy atom. The Labute approximate surface area is 144 Å². The first kappa shape index (κ1) is 17.3. The molecule has 0 saturated carbocycles. The summed E-state index contributed by atoms with van der Waals surface area (Å²) in [6.07, 6.45) is 0. The maximum absolute atomic E-state index is 4.41. The molecule has 0 saturated heterocycles.